The van der Waals surface area contributed by atoms with Gasteiger partial charge in [0.1, 0.15) is 0 Å². The Balaban J connectivity index is 1.82. The Morgan fingerprint density at radius 3 is 2.84 bits per heavy atom. The summed E-state index contributed by atoms with van der Waals surface area (Å²) in [6.07, 6.45) is 1.98. The summed E-state index contributed by atoms with van der Waals surface area (Å²) in [4.78, 5) is 13.8. The number of aliphatic hydroxyl groups excluding tert-OH is 1. The molecule has 1 fully saturated rings. The molecule has 1 heterocycles. The Hall–Kier alpha value is -1.07. The van der Waals surface area contributed by atoms with Crippen molar-refractivity contribution in [3.63, 3.8) is 0 Å². The molecule has 0 spiro atoms. The topological polar surface area (TPSA) is 52.6 Å². The van der Waals surface area contributed by atoms with Gasteiger partial charge in [-0.2, -0.15) is 0 Å². The number of hydrogen-bond acceptors (Lipinski definition) is 2. The first-order valence-electron chi connectivity index (χ1n) is 6.57. The predicted molar refractivity (Wildman–Crippen MR) is 77.8 cm³/mol. The van der Waals surface area contributed by atoms with E-state index in [1.165, 1.54) is 0 Å². The highest BCUT2D eigenvalue weighted by Crippen LogP contribution is 2.16. The first-order chi connectivity index (χ1) is 9.19. The zero-order valence-corrected chi connectivity index (χ0v) is 12.4. The van der Waals surface area contributed by atoms with Crippen LogP contribution in [0.4, 0.5) is 4.79 Å². The van der Waals surface area contributed by atoms with Crippen LogP contribution >= 0.6 is 15.9 Å². The van der Waals surface area contributed by atoms with Crippen LogP contribution in [0.25, 0.3) is 0 Å². The Morgan fingerprint density at radius 2 is 2.16 bits per heavy atom. The van der Waals surface area contributed by atoms with Crippen LogP contribution < -0.4 is 5.32 Å². The molecule has 2 amide bonds. The first-order valence-corrected chi connectivity index (χ1v) is 7.36. The molecule has 0 bridgehead atoms. The lowest BCUT2D eigenvalue weighted by Gasteiger charge is -2.31. The number of nitrogens with one attached hydrogen (secondary N) is 1. The third-order valence-electron chi connectivity index (χ3n) is 3.42. The molecule has 0 saturated carbocycles. The number of rotatable bonds is 3. The highest BCUT2D eigenvalue weighted by atomic mass is 79.9. The molecule has 0 radical (unpaired) electrons. The second kappa shape index (κ2) is 6.91. The van der Waals surface area contributed by atoms with Gasteiger partial charge in [0, 0.05) is 30.7 Å². The second-order valence-electron chi connectivity index (χ2n) is 4.92. The van der Waals surface area contributed by atoms with Crippen LogP contribution in [0.3, 0.4) is 0 Å². The second-order valence-corrected chi connectivity index (χ2v) is 5.84. The normalized spacial score (nSPS) is 19.3. The van der Waals surface area contributed by atoms with Crippen molar-refractivity contribution in [3.8, 4) is 0 Å². The minimum atomic E-state index is -0.0407. The predicted octanol–water partition coefficient (Wildman–Crippen LogP) is 2.36. The van der Waals surface area contributed by atoms with Crippen LogP contribution in [0.5, 0.6) is 0 Å². The Labute approximate surface area is 121 Å². The summed E-state index contributed by atoms with van der Waals surface area (Å²) in [6.45, 7) is 2.13. The van der Waals surface area contributed by atoms with Gasteiger partial charge in [0.25, 0.3) is 0 Å². The maximum absolute atomic E-state index is 12.0. The summed E-state index contributed by atoms with van der Waals surface area (Å²) in [5.74, 6) is 0.229. The fourth-order valence-corrected chi connectivity index (χ4v) is 2.55. The number of hydrogen-bond donors (Lipinski definition) is 2. The van der Waals surface area contributed by atoms with Gasteiger partial charge in [-0.05, 0) is 36.5 Å². The molecule has 1 aromatic rings. The smallest absolute Gasteiger partial charge is 0.317 e. The lowest BCUT2D eigenvalue weighted by molar-refractivity contribution is 0.129. The Kier molecular flexibility index (Phi) is 5.22. The molecule has 1 unspecified atom stereocenters. The molecule has 2 rings (SSSR count). The van der Waals surface area contributed by atoms with E-state index in [9.17, 15) is 4.79 Å². The largest absolute Gasteiger partial charge is 0.396 e. The maximum atomic E-state index is 12.0. The van der Waals surface area contributed by atoms with Gasteiger partial charge in [-0.1, -0.05) is 28.1 Å². The van der Waals surface area contributed by atoms with E-state index in [1.807, 2.05) is 24.3 Å². The quantitative estimate of drug-likeness (QED) is 0.895. The minimum Gasteiger partial charge on any atom is -0.396 e. The summed E-state index contributed by atoms with van der Waals surface area (Å²) >= 11 is 3.38. The van der Waals surface area contributed by atoms with E-state index >= 15 is 0 Å². The van der Waals surface area contributed by atoms with E-state index in [0.717, 1.165) is 29.4 Å². The van der Waals surface area contributed by atoms with Crippen LogP contribution in [0.15, 0.2) is 28.7 Å². The van der Waals surface area contributed by atoms with Crippen molar-refractivity contribution < 1.29 is 9.90 Å². The number of piperidine rings is 1. The van der Waals surface area contributed by atoms with Crippen molar-refractivity contribution in [1.82, 2.24) is 10.2 Å². The Bertz CT molecular complexity index is 422. The van der Waals surface area contributed by atoms with Gasteiger partial charge in [-0.3, -0.25) is 0 Å². The summed E-state index contributed by atoms with van der Waals surface area (Å²) in [5.41, 5.74) is 1.08. The van der Waals surface area contributed by atoms with Crippen molar-refractivity contribution in [3.05, 3.63) is 34.3 Å². The van der Waals surface area contributed by atoms with Gasteiger partial charge in [0.15, 0.2) is 0 Å². The molecular formula is C14H19BrN2O2. The van der Waals surface area contributed by atoms with Gasteiger partial charge in [0.05, 0.1) is 0 Å². The molecule has 5 heteroatoms. The summed E-state index contributed by atoms with van der Waals surface area (Å²) in [5, 5.41) is 12.1. The minimum absolute atomic E-state index is 0.0407. The summed E-state index contributed by atoms with van der Waals surface area (Å²) in [7, 11) is 0. The number of likely N-dealkylation sites (tertiary alicyclic amines) is 1. The van der Waals surface area contributed by atoms with Gasteiger partial charge < -0.3 is 15.3 Å². The zero-order chi connectivity index (χ0) is 13.7. The fraction of sp³-hybridized carbons (Fsp3) is 0.500. The monoisotopic (exact) mass is 326 g/mol. The third-order valence-corrected chi connectivity index (χ3v) is 3.95. The van der Waals surface area contributed by atoms with Crippen molar-refractivity contribution in [2.75, 3.05) is 19.7 Å². The van der Waals surface area contributed by atoms with Crippen molar-refractivity contribution in [2.24, 2.45) is 5.92 Å². The number of amides is 2. The van der Waals surface area contributed by atoms with Gasteiger partial charge in [0.2, 0.25) is 0 Å². The molecule has 0 aromatic heterocycles. The fourth-order valence-electron chi connectivity index (χ4n) is 2.29. The molecular weight excluding hydrogens is 308 g/mol. The van der Waals surface area contributed by atoms with Crippen LogP contribution in [-0.4, -0.2) is 35.7 Å². The van der Waals surface area contributed by atoms with Crippen LogP contribution in [0.1, 0.15) is 18.4 Å². The van der Waals surface area contributed by atoms with Crippen LogP contribution in [-0.2, 0) is 6.54 Å². The van der Waals surface area contributed by atoms with Gasteiger partial charge in [-0.15, -0.1) is 0 Å². The third kappa shape index (κ3) is 4.21. The van der Waals surface area contributed by atoms with Crippen molar-refractivity contribution >= 4 is 22.0 Å². The van der Waals surface area contributed by atoms with E-state index in [4.69, 9.17) is 5.11 Å². The highest BCUT2D eigenvalue weighted by molar-refractivity contribution is 9.10. The molecule has 1 aliphatic rings. The van der Waals surface area contributed by atoms with E-state index < -0.39 is 0 Å². The molecule has 2 N–H and O–H groups in total. The maximum Gasteiger partial charge on any atom is 0.317 e. The van der Waals surface area contributed by atoms with Gasteiger partial charge in [-0.25, -0.2) is 4.79 Å². The molecule has 19 heavy (non-hydrogen) atoms. The van der Waals surface area contributed by atoms with E-state index in [-0.39, 0.29) is 18.6 Å². The van der Waals surface area contributed by atoms with Crippen LogP contribution in [0, 0.1) is 5.92 Å². The number of carbonyl (C=O) groups excluding carboxylic acids is 1. The molecule has 1 atom stereocenters. The first kappa shape index (κ1) is 14.3. The number of halogens is 1. The number of urea groups is 1. The average molecular weight is 327 g/mol. The van der Waals surface area contributed by atoms with E-state index in [0.29, 0.717) is 13.1 Å². The van der Waals surface area contributed by atoms with E-state index in [1.54, 1.807) is 4.90 Å². The lowest BCUT2D eigenvalue weighted by Crippen LogP contribution is -2.45. The molecule has 4 nitrogen and oxygen atoms in total. The zero-order valence-electron chi connectivity index (χ0n) is 10.8. The number of aliphatic hydroxyl groups is 1. The SMILES string of the molecule is O=C(NCc1ccc(Br)cc1)N1CCCC(CO)C1. The molecule has 104 valence electrons. The average Bonchev–Trinajstić information content (AvgIpc) is 2.46. The summed E-state index contributed by atoms with van der Waals surface area (Å²) in [6, 6.07) is 7.85. The standard InChI is InChI=1S/C14H19BrN2O2/c15-13-5-3-11(4-6-13)8-16-14(19)17-7-1-2-12(9-17)10-18/h3-6,12,18H,1-2,7-10H2,(H,16,19). The van der Waals surface area contributed by atoms with Crippen molar-refractivity contribution in [1.29, 1.82) is 0 Å². The van der Waals surface area contributed by atoms with Gasteiger partial charge >= 0.3 is 6.03 Å². The highest BCUT2D eigenvalue weighted by Gasteiger charge is 2.22. The number of nitrogens with zero attached hydrogens (tertiary/aromatic N) is 1. The molecule has 1 saturated heterocycles. The van der Waals surface area contributed by atoms with E-state index in [2.05, 4.69) is 21.2 Å². The molecule has 1 aromatic carbocycles. The Morgan fingerprint density at radius 1 is 1.42 bits per heavy atom. The van der Waals surface area contributed by atoms with Crippen LogP contribution in [0.2, 0.25) is 0 Å². The summed E-state index contributed by atoms with van der Waals surface area (Å²) < 4.78 is 1.03. The number of carbonyl (C=O) groups is 1. The number of benzene rings is 1. The van der Waals surface area contributed by atoms with Crippen molar-refractivity contribution in [2.45, 2.75) is 19.4 Å². The molecule has 1 aliphatic heterocycles. The molecule has 0 aliphatic carbocycles. The lowest BCUT2D eigenvalue weighted by atomic mass is 9.99.